The van der Waals surface area contributed by atoms with Crippen molar-refractivity contribution < 1.29 is 14.3 Å². The van der Waals surface area contributed by atoms with Gasteiger partial charge in [-0.3, -0.25) is 4.79 Å². The zero-order valence-corrected chi connectivity index (χ0v) is 13.4. The molecule has 0 bridgehead atoms. The molecule has 112 valence electrons. The van der Waals surface area contributed by atoms with Crippen molar-refractivity contribution in [3.8, 4) is 0 Å². The summed E-state index contributed by atoms with van der Waals surface area (Å²) in [6.45, 7) is 9.32. The van der Waals surface area contributed by atoms with E-state index in [2.05, 4.69) is 4.98 Å². The summed E-state index contributed by atoms with van der Waals surface area (Å²) in [7, 11) is 3.67. The fraction of sp³-hybridized carbons (Fsp3) is 0.600. The van der Waals surface area contributed by atoms with E-state index >= 15 is 0 Å². The van der Waals surface area contributed by atoms with Crippen molar-refractivity contribution in [3.63, 3.8) is 0 Å². The predicted octanol–water partition coefficient (Wildman–Crippen LogP) is 2.33. The van der Waals surface area contributed by atoms with Crippen molar-refractivity contribution in [2.75, 3.05) is 20.6 Å². The van der Waals surface area contributed by atoms with Gasteiger partial charge in [0.2, 0.25) is 0 Å². The van der Waals surface area contributed by atoms with Crippen molar-refractivity contribution >= 4 is 11.8 Å². The molecule has 0 aromatic carbocycles. The Bertz CT molecular complexity index is 522. The Morgan fingerprint density at radius 3 is 2.20 bits per heavy atom. The number of hydrogen-bond donors (Lipinski definition) is 1. The minimum Gasteiger partial charge on any atom is -0.455 e. The molecule has 0 saturated carbocycles. The van der Waals surface area contributed by atoms with Gasteiger partial charge in [0.15, 0.2) is 5.78 Å². The predicted molar refractivity (Wildman–Crippen MR) is 78.3 cm³/mol. The van der Waals surface area contributed by atoms with Crippen LogP contribution in [0.25, 0.3) is 0 Å². The number of aromatic nitrogens is 1. The van der Waals surface area contributed by atoms with Gasteiger partial charge in [-0.1, -0.05) is 0 Å². The normalized spacial score (nSPS) is 11.8. The lowest BCUT2D eigenvalue weighted by atomic mass is 10.1. The minimum absolute atomic E-state index is 0.00365. The first-order chi connectivity index (χ1) is 9.03. The van der Waals surface area contributed by atoms with E-state index in [1.54, 1.807) is 18.7 Å². The number of esters is 1. The fourth-order valence-corrected chi connectivity index (χ4v) is 2.07. The molecule has 1 aromatic rings. The molecule has 1 heterocycles. The smallest absolute Gasteiger partial charge is 0.355 e. The number of likely N-dealkylation sites (N-methyl/N-ethyl adjacent to an activating group) is 1. The van der Waals surface area contributed by atoms with E-state index in [9.17, 15) is 9.59 Å². The number of nitrogens with one attached hydrogen (secondary N) is 1. The molecule has 20 heavy (non-hydrogen) atoms. The summed E-state index contributed by atoms with van der Waals surface area (Å²) in [5, 5.41) is 0. The number of nitrogens with zero attached hydrogens (tertiary/aromatic N) is 1. The van der Waals surface area contributed by atoms with Crippen LogP contribution in [-0.4, -0.2) is 47.9 Å². The van der Waals surface area contributed by atoms with Crippen LogP contribution >= 0.6 is 0 Å². The molecule has 0 aliphatic heterocycles. The number of hydrogen-bond acceptors (Lipinski definition) is 4. The second-order valence-electron chi connectivity index (χ2n) is 6.29. The molecule has 0 atom stereocenters. The fourth-order valence-electron chi connectivity index (χ4n) is 2.07. The van der Waals surface area contributed by atoms with Gasteiger partial charge in [-0.25, -0.2) is 4.79 Å². The van der Waals surface area contributed by atoms with Gasteiger partial charge in [0.1, 0.15) is 11.3 Å². The molecule has 1 N–H and O–H groups in total. The van der Waals surface area contributed by atoms with Crippen molar-refractivity contribution in [1.82, 2.24) is 9.88 Å². The lowest BCUT2D eigenvalue weighted by Gasteiger charge is -2.19. The Labute approximate surface area is 120 Å². The van der Waals surface area contributed by atoms with Gasteiger partial charge in [-0.05, 0) is 54.3 Å². The average molecular weight is 280 g/mol. The van der Waals surface area contributed by atoms with Crippen LogP contribution in [-0.2, 0) is 4.74 Å². The van der Waals surface area contributed by atoms with Gasteiger partial charge in [-0.2, -0.15) is 0 Å². The first kappa shape index (κ1) is 16.4. The number of rotatable bonds is 4. The summed E-state index contributed by atoms with van der Waals surface area (Å²) in [6, 6.07) is 0. The molecule has 0 spiro atoms. The second kappa shape index (κ2) is 5.79. The van der Waals surface area contributed by atoms with E-state index in [0.29, 0.717) is 29.1 Å². The number of aryl methyl sites for hydroxylation is 1. The molecule has 0 saturated heterocycles. The van der Waals surface area contributed by atoms with Crippen molar-refractivity contribution in [1.29, 1.82) is 0 Å². The third-order valence-electron chi connectivity index (χ3n) is 2.78. The standard InChI is InChI=1S/C15H24N2O3/c1-9-12(11(18)8-17(6)7)10(2)16-13(9)14(19)20-15(3,4)5/h16H,8H2,1-7H3. The lowest BCUT2D eigenvalue weighted by molar-refractivity contribution is 0.00626. The van der Waals surface area contributed by atoms with Crippen LogP contribution in [0.5, 0.6) is 0 Å². The maximum Gasteiger partial charge on any atom is 0.355 e. The van der Waals surface area contributed by atoms with Crippen LogP contribution in [0.3, 0.4) is 0 Å². The molecule has 0 amide bonds. The SMILES string of the molecule is Cc1[nH]c(C(=O)OC(C)(C)C)c(C)c1C(=O)CN(C)C. The first-order valence-electron chi connectivity index (χ1n) is 6.63. The van der Waals surface area contributed by atoms with E-state index < -0.39 is 11.6 Å². The number of aromatic amines is 1. The Balaban J connectivity index is 3.09. The maximum atomic E-state index is 12.2. The van der Waals surface area contributed by atoms with Gasteiger partial charge in [0.25, 0.3) is 0 Å². The van der Waals surface area contributed by atoms with Gasteiger partial charge < -0.3 is 14.6 Å². The molecule has 1 aromatic heterocycles. The number of carbonyl (C=O) groups is 2. The average Bonchev–Trinajstić information content (AvgIpc) is 2.50. The number of Topliss-reactive ketones (excluding diaryl/α,β-unsaturated/α-hetero) is 1. The van der Waals surface area contributed by atoms with E-state index in [1.165, 1.54) is 0 Å². The maximum absolute atomic E-state index is 12.2. The molecule has 0 aliphatic rings. The third-order valence-corrected chi connectivity index (χ3v) is 2.78. The number of carbonyl (C=O) groups excluding carboxylic acids is 2. The zero-order valence-electron chi connectivity index (χ0n) is 13.4. The van der Waals surface area contributed by atoms with Crippen LogP contribution in [0.1, 0.15) is 52.9 Å². The molecule has 0 unspecified atom stereocenters. The van der Waals surface area contributed by atoms with Crippen LogP contribution in [0, 0.1) is 13.8 Å². The van der Waals surface area contributed by atoms with E-state index in [4.69, 9.17) is 4.74 Å². The van der Waals surface area contributed by atoms with Crippen LogP contribution < -0.4 is 0 Å². The molecule has 1 rings (SSSR count). The van der Waals surface area contributed by atoms with Gasteiger partial charge in [0, 0.05) is 11.3 Å². The highest BCUT2D eigenvalue weighted by Gasteiger charge is 2.25. The minimum atomic E-state index is -0.559. The largest absolute Gasteiger partial charge is 0.455 e. The molecular weight excluding hydrogens is 256 g/mol. The number of H-pyrrole nitrogens is 1. The molecule has 5 nitrogen and oxygen atoms in total. The van der Waals surface area contributed by atoms with E-state index in [0.717, 1.165) is 0 Å². The highest BCUT2D eigenvalue weighted by molar-refractivity contribution is 6.03. The Hall–Kier alpha value is -1.62. The molecule has 0 aliphatic carbocycles. The van der Waals surface area contributed by atoms with Crippen LogP contribution in [0.4, 0.5) is 0 Å². The summed E-state index contributed by atoms with van der Waals surface area (Å²) in [5.74, 6) is -0.432. The van der Waals surface area contributed by atoms with Crippen molar-refractivity contribution in [2.45, 2.75) is 40.2 Å². The Kier molecular flexibility index (Phi) is 4.76. The first-order valence-corrected chi connectivity index (χ1v) is 6.63. The topological polar surface area (TPSA) is 62.4 Å². The highest BCUT2D eigenvalue weighted by atomic mass is 16.6. The second-order valence-corrected chi connectivity index (χ2v) is 6.29. The third kappa shape index (κ3) is 3.93. The number of ketones is 1. The summed E-state index contributed by atoms with van der Waals surface area (Å²) in [5.41, 5.74) is 1.74. The van der Waals surface area contributed by atoms with Gasteiger partial charge in [0.05, 0.1) is 6.54 Å². The summed E-state index contributed by atoms with van der Waals surface area (Å²) >= 11 is 0. The molecule has 5 heteroatoms. The Morgan fingerprint density at radius 1 is 1.20 bits per heavy atom. The number of ether oxygens (including phenoxy) is 1. The zero-order chi connectivity index (χ0) is 15.7. The molecule has 0 radical (unpaired) electrons. The quantitative estimate of drug-likeness (QED) is 0.679. The van der Waals surface area contributed by atoms with Gasteiger partial charge in [-0.15, -0.1) is 0 Å². The van der Waals surface area contributed by atoms with E-state index in [1.807, 2.05) is 34.9 Å². The summed E-state index contributed by atoms with van der Waals surface area (Å²) in [4.78, 5) is 29.1. The Morgan fingerprint density at radius 2 is 1.75 bits per heavy atom. The molecule has 0 fully saturated rings. The molecular formula is C15H24N2O3. The van der Waals surface area contributed by atoms with Crippen molar-refractivity contribution in [3.05, 3.63) is 22.5 Å². The van der Waals surface area contributed by atoms with Gasteiger partial charge >= 0.3 is 5.97 Å². The summed E-state index contributed by atoms with van der Waals surface area (Å²) in [6.07, 6.45) is 0. The van der Waals surface area contributed by atoms with Crippen molar-refractivity contribution in [2.24, 2.45) is 0 Å². The lowest BCUT2D eigenvalue weighted by Crippen LogP contribution is -2.25. The van der Waals surface area contributed by atoms with E-state index in [-0.39, 0.29) is 5.78 Å². The van der Waals surface area contributed by atoms with Crippen LogP contribution in [0.2, 0.25) is 0 Å². The van der Waals surface area contributed by atoms with Crippen LogP contribution in [0.15, 0.2) is 0 Å². The summed E-state index contributed by atoms with van der Waals surface area (Å²) < 4.78 is 5.34. The monoisotopic (exact) mass is 280 g/mol. The highest BCUT2D eigenvalue weighted by Crippen LogP contribution is 2.21.